The third-order valence-corrected chi connectivity index (χ3v) is 4.40. The third kappa shape index (κ3) is 4.14. The summed E-state index contributed by atoms with van der Waals surface area (Å²) in [6.07, 6.45) is 6.93. The lowest BCUT2D eigenvalue weighted by Gasteiger charge is -2.05. The number of benzene rings is 2. The number of amides is 1. The highest BCUT2D eigenvalue weighted by atomic mass is 16.5. The summed E-state index contributed by atoms with van der Waals surface area (Å²) in [6, 6.07) is 13.2. The first kappa shape index (κ1) is 18.4. The molecule has 1 N–H and O–H groups in total. The van der Waals surface area contributed by atoms with Crippen LogP contribution in [0.2, 0.25) is 0 Å². The second-order valence-corrected chi connectivity index (χ2v) is 6.36. The van der Waals surface area contributed by atoms with E-state index in [1.807, 2.05) is 48.6 Å². The molecule has 0 aliphatic carbocycles. The van der Waals surface area contributed by atoms with Gasteiger partial charge in [-0.05, 0) is 48.9 Å². The summed E-state index contributed by atoms with van der Waals surface area (Å²) in [5.41, 5.74) is 2.77. The van der Waals surface area contributed by atoms with Crippen molar-refractivity contribution in [2.45, 2.75) is 6.92 Å². The summed E-state index contributed by atoms with van der Waals surface area (Å²) < 4.78 is 10.1. The maximum absolute atomic E-state index is 12.3. The lowest BCUT2D eigenvalue weighted by atomic mass is 10.2. The average Bonchev–Trinajstić information content (AvgIpc) is 3.18. The molecule has 29 heavy (non-hydrogen) atoms. The summed E-state index contributed by atoms with van der Waals surface area (Å²) in [7, 11) is 1.64. The molecule has 0 aliphatic heterocycles. The number of carbonyl (C=O) groups excluding carboxylic acids is 1. The Morgan fingerprint density at radius 1 is 1.10 bits per heavy atom. The van der Waals surface area contributed by atoms with Crippen molar-refractivity contribution in [3.63, 3.8) is 0 Å². The maximum Gasteiger partial charge on any atom is 0.260 e. The van der Waals surface area contributed by atoms with Gasteiger partial charge in [-0.2, -0.15) is 0 Å². The van der Waals surface area contributed by atoms with Gasteiger partial charge in [-0.15, -0.1) is 0 Å². The van der Waals surface area contributed by atoms with Crippen LogP contribution in [-0.2, 0) is 0 Å². The van der Waals surface area contributed by atoms with Gasteiger partial charge in [0.15, 0.2) is 5.82 Å². The minimum Gasteiger partial charge on any atom is -0.497 e. The first-order valence-electron chi connectivity index (χ1n) is 8.94. The van der Waals surface area contributed by atoms with Gasteiger partial charge in [-0.1, -0.05) is 23.4 Å². The van der Waals surface area contributed by atoms with E-state index >= 15 is 0 Å². The Balaban J connectivity index is 1.55. The molecule has 2 heterocycles. The monoisotopic (exact) mass is 386 g/mol. The Hall–Kier alpha value is -4.00. The van der Waals surface area contributed by atoms with Crippen LogP contribution in [0.3, 0.4) is 0 Å². The summed E-state index contributed by atoms with van der Waals surface area (Å²) in [5, 5.41) is 7.35. The topological polar surface area (TPSA) is 90.1 Å². The van der Waals surface area contributed by atoms with Gasteiger partial charge >= 0.3 is 0 Å². The van der Waals surface area contributed by atoms with Gasteiger partial charge in [0.2, 0.25) is 0 Å². The van der Waals surface area contributed by atoms with Crippen molar-refractivity contribution >= 4 is 34.6 Å². The molecule has 0 bridgehead atoms. The number of fused-ring (bicyclic) bond motifs is 1. The van der Waals surface area contributed by atoms with E-state index in [2.05, 4.69) is 20.4 Å². The SMILES string of the molecule is COc1ccc(/C=C/c2ncc3ccc(NC(=O)c4cnoc4C)cc3n2)cc1. The molecule has 0 radical (unpaired) electrons. The summed E-state index contributed by atoms with van der Waals surface area (Å²) in [5.74, 6) is 1.57. The first-order chi connectivity index (χ1) is 14.1. The Kier molecular flexibility index (Phi) is 5.03. The zero-order chi connectivity index (χ0) is 20.2. The van der Waals surface area contributed by atoms with Crippen LogP contribution < -0.4 is 10.1 Å². The number of nitrogens with one attached hydrogen (secondary N) is 1. The van der Waals surface area contributed by atoms with Crippen molar-refractivity contribution < 1.29 is 14.1 Å². The lowest BCUT2D eigenvalue weighted by molar-refractivity contribution is 0.102. The van der Waals surface area contributed by atoms with Gasteiger partial charge in [0.05, 0.1) is 18.8 Å². The number of nitrogens with zero attached hydrogens (tertiary/aromatic N) is 3. The van der Waals surface area contributed by atoms with Crippen molar-refractivity contribution in [2.24, 2.45) is 0 Å². The Bertz CT molecular complexity index is 1200. The molecule has 7 heteroatoms. The smallest absolute Gasteiger partial charge is 0.260 e. The van der Waals surface area contributed by atoms with Crippen LogP contribution in [0.25, 0.3) is 23.1 Å². The molecule has 0 saturated heterocycles. The number of anilines is 1. The van der Waals surface area contributed by atoms with Gasteiger partial charge < -0.3 is 14.6 Å². The van der Waals surface area contributed by atoms with E-state index in [9.17, 15) is 4.79 Å². The Morgan fingerprint density at radius 2 is 1.93 bits per heavy atom. The molecule has 0 fully saturated rings. The van der Waals surface area contributed by atoms with Crippen LogP contribution in [-0.4, -0.2) is 28.1 Å². The predicted molar refractivity (Wildman–Crippen MR) is 111 cm³/mol. The minimum absolute atomic E-state index is 0.281. The van der Waals surface area contributed by atoms with Gasteiger partial charge in [0.1, 0.15) is 17.1 Å². The molecule has 7 nitrogen and oxygen atoms in total. The number of aryl methyl sites for hydroxylation is 1. The van der Waals surface area contributed by atoms with E-state index in [1.54, 1.807) is 26.3 Å². The number of hydrogen-bond donors (Lipinski definition) is 1. The third-order valence-electron chi connectivity index (χ3n) is 4.40. The molecule has 2 aromatic heterocycles. The van der Waals surface area contributed by atoms with Crippen molar-refractivity contribution in [1.29, 1.82) is 0 Å². The molecule has 0 spiro atoms. The number of aromatic nitrogens is 3. The molecule has 0 atom stereocenters. The molecule has 1 amide bonds. The van der Waals surface area contributed by atoms with E-state index in [1.165, 1.54) is 6.20 Å². The van der Waals surface area contributed by atoms with Crippen molar-refractivity contribution in [3.05, 3.63) is 77.6 Å². The number of rotatable bonds is 5. The number of ether oxygens (including phenoxy) is 1. The highest BCUT2D eigenvalue weighted by Crippen LogP contribution is 2.19. The van der Waals surface area contributed by atoms with E-state index in [0.717, 1.165) is 22.2 Å². The first-order valence-corrected chi connectivity index (χ1v) is 8.94. The predicted octanol–water partition coefficient (Wildman–Crippen LogP) is 4.36. The fraction of sp³-hybridized carbons (Fsp3) is 0.0909. The van der Waals surface area contributed by atoms with Crippen LogP contribution in [0, 0.1) is 6.92 Å². The van der Waals surface area contributed by atoms with E-state index in [-0.39, 0.29) is 5.91 Å². The normalized spacial score (nSPS) is 11.1. The quantitative estimate of drug-likeness (QED) is 0.548. The highest BCUT2D eigenvalue weighted by molar-refractivity contribution is 6.05. The molecule has 2 aromatic carbocycles. The molecule has 0 aliphatic rings. The average molecular weight is 386 g/mol. The van der Waals surface area contributed by atoms with E-state index < -0.39 is 0 Å². The molecular formula is C22H18N4O3. The van der Waals surface area contributed by atoms with Crippen LogP contribution >= 0.6 is 0 Å². The van der Waals surface area contributed by atoms with Crippen LogP contribution in [0.1, 0.15) is 27.5 Å². The standard InChI is InChI=1S/C22H18N4O3/c1-14-19(13-24-29-14)22(27)25-17-7-6-16-12-23-21(26-20(16)11-17)10-5-15-3-8-18(28-2)9-4-15/h3-13H,1-2H3,(H,25,27)/b10-5+. The van der Waals surface area contributed by atoms with Gasteiger partial charge in [-0.25, -0.2) is 9.97 Å². The molecular weight excluding hydrogens is 368 g/mol. The van der Waals surface area contributed by atoms with Gasteiger partial charge in [0, 0.05) is 17.3 Å². The van der Waals surface area contributed by atoms with Crippen LogP contribution in [0.4, 0.5) is 5.69 Å². The van der Waals surface area contributed by atoms with Crippen molar-refractivity contribution in [1.82, 2.24) is 15.1 Å². The molecule has 0 unspecified atom stereocenters. The van der Waals surface area contributed by atoms with Gasteiger partial charge in [-0.3, -0.25) is 4.79 Å². The van der Waals surface area contributed by atoms with E-state index in [0.29, 0.717) is 22.8 Å². The summed E-state index contributed by atoms with van der Waals surface area (Å²) in [4.78, 5) is 21.3. The van der Waals surface area contributed by atoms with E-state index in [4.69, 9.17) is 9.26 Å². The molecule has 4 rings (SSSR count). The maximum atomic E-state index is 12.3. The van der Waals surface area contributed by atoms with Crippen molar-refractivity contribution in [3.8, 4) is 5.75 Å². The Morgan fingerprint density at radius 3 is 2.66 bits per heavy atom. The molecule has 144 valence electrons. The summed E-state index contributed by atoms with van der Waals surface area (Å²) in [6.45, 7) is 1.69. The lowest BCUT2D eigenvalue weighted by Crippen LogP contribution is -2.12. The molecule has 4 aromatic rings. The second kappa shape index (κ2) is 7.93. The summed E-state index contributed by atoms with van der Waals surface area (Å²) >= 11 is 0. The van der Waals surface area contributed by atoms with Crippen LogP contribution in [0.15, 0.2) is 59.4 Å². The zero-order valence-corrected chi connectivity index (χ0v) is 15.9. The largest absolute Gasteiger partial charge is 0.497 e. The fourth-order valence-corrected chi connectivity index (χ4v) is 2.80. The number of methoxy groups -OCH3 is 1. The van der Waals surface area contributed by atoms with Crippen molar-refractivity contribution in [2.75, 3.05) is 12.4 Å². The Labute approximate surface area is 167 Å². The fourth-order valence-electron chi connectivity index (χ4n) is 2.80. The zero-order valence-electron chi connectivity index (χ0n) is 15.9. The highest BCUT2D eigenvalue weighted by Gasteiger charge is 2.13. The van der Waals surface area contributed by atoms with Crippen LogP contribution in [0.5, 0.6) is 5.75 Å². The minimum atomic E-state index is -0.281. The van der Waals surface area contributed by atoms with Gasteiger partial charge in [0.25, 0.3) is 5.91 Å². The number of carbonyl (C=O) groups is 1. The molecule has 0 saturated carbocycles. The number of hydrogen-bond acceptors (Lipinski definition) is 6. The second-order valence-electron chi connectivity index (χ2n) is 6.36.